The highest BCUT2D eigenvalue weighted by molar-refractivity contribution is 5.93. The van der Waals surface area contributed by atoms with Gasteiger partial charge >= 0.3 is 11.9 Å². The van der Waals surface area contributed by atoms with E-state index in [1.807, 2.05) is 0 Å². The quantitative estimate of drug-likeness (QED) is 0.0402. The van der Waals surface area contributed by atoms with Crippen LogP contribution in [0.2, 0.25) is 0 Å². The highest BCUT2D eigenvalue weighted by Gasteiger charge is 2.26. The zero-order chi connectivity index (χ0) is 34.3. The van der Waals surface area contributed by atoms with Crippen molar-refractivity contribution in [1.82, 2.24) is 0 Å². The summed E-state index contributed by atoms with van der Waals surface area (Å²) in [6.07, 6.45) is 52.0. The second-order valence-electron chi connectivity index (χ2n) is 14.9. The largest absolute Gasteiger partial charge is 0.481 e. The van der Waals surface area contributed by atoms with E-state index in [4.69, 9.17) is 5.11 Å². The average Bonchev–Trinajstić information content (AvgIpc) is 3.07. The molecule has 0 fully saturated rings. The summed E-state index contributed by atoms with van der Waals surface area (Å²) in [6, 6.07) is 0. The van der Waals surface area contributed by atoms with Crippen molar-refractivity contribution in [3.63, 3.8) is 0 Å². The number of rotatable bonds is 40. The zero-order valence-electron chi connectivity index (χ0n) is 32.1. The molecule has 1 atom stereocenters. The Morgan fingerprint density at radius 1 is 0.383 bits per heavy atom. The number of carbonyl (C=O) groups is 2. The van der Waals surface area contributed by atoms with E-state index in [9.17, 15) is 9.59 Å². The summed E-state index contributed by atoms with van der Waals surface area (Å²) in [7, 11) is 1.25. The molecule has 0 rings (SSSR count). The lowest BCUT2D eigenvalue weighted by Crippen LogP contribution is -2.24. The molecule has 0 aliphatic heterocycles. The predicted octanol–water partition coefficient (Wildman–Crippen LogP) is 14.7. The number of carbonyl (C=O) groups excluding carboxylic acids is 1. The molecule has 0 bridgehead atoms. The molecule has 0 amide bonds. The Hall–Kier alpha value is -1.06. The van der Waals surface area contributed by atoms with Gasteiger partial charge in [0, 0.05) is 0 Å². The Morgan fingerprint density at radius 2 is 0.574 bits per heavy atom. The van der Waals surface area contributed by atoms with Crippen molar-refractivity contribution < 1.29 is 19.4 Å². The smallest absolute Gasteiger partial charge is 0.320 e. The summed E-state index contributed by atoms with van der Waals surface area (Å²) < 4.78 is 4.58. The maximum Gasteiger partial charge on any atom is 0.320 e. The first-order valence-electron chi connectivity index (χ1n) is 21.4. The molecule has 0 saturated heterocycles. The lowest BCUT2D eigenvalue weighted by atomic mass is 10.00. The Bertz CT molecular complexity index is 633. The van der Waals surface area contributed by atoms with Gasteiger partial charge in [-0.15, -0.1) is 0 Å². The van der Waals surface area contributed by atoms with Gasteiger partial charge in [0.1, 0.15) is 0 Å². The van der Waals surface area contributed by atoms with Gasteiger partial charge in [-0.2, -0.15) is 0 Å². The summed E-state index contributed by atoms with van der Waals surface area (Å²) in [5.74, 6) is -2.68. The van der Waals surface area contributed by atoms with Gasteiger partial charge in [-0.3, -0.25) is 9.59 Å². The maximum absolute atomic E-state index is 11.5. The van der Waals surface area contributed by atoms with Gasteiger partial charge < -0.3 is 9.84 Å². The van der Waals surface area contributed by atoms with E-state index in [1.165, 1.54) is 225 Å². The van der Waals surface area contributed by atoms with Crippen molar-refractivity contribution in [3.05, 3.63) is 0 Å². The molecule has 0 heterocycles. The summed E-state index contributed by atoms with van der Waals surface area (Å²) in [6.45, 7) is 2.30. The van der Waals surface area contributed by atoms with Crippen LogP contribution in [0.3, 0.4) is 0 Å². The first-order valence-corrected chi connectivity index (χ1v) is 21.4. The molecule has 0 aromatic rings. The van der Waals surface area contributed by atoms with Crippen LogP contribution in [0.15, 0.2) is 0 Å². The molecule has 4 nitrogen and oxygen atoms in total. The van der Waals surface area contributed by atoms with Crippen LogP contribution in [-0.2, 0) is 14.3 Å². The van der Waals surface area contributed by atoms with Crippen LogP contribution in [0, 0.1) is 5.92 Å². The molecule has 1 N–H and O–H groups in total. The fourth-order valence-electron chi connectivity index (χ4n) is 7.09. The van der Waals surface area contributed by atoms with Crippen LogP contribution in [0.25, 0.3) is 0 Å². The van der Waals surface area contributed by atoms with Gasteiger partial charge in [-0.1, -0.05) is 244 Å². The number of hydrogen-bond donors (Lipinski definition) is 1. The summed E-state index contributed by atoms with van der Waals surface area (Å²) in [5.41, 5.74) is 0. The van der Waals surface area contributed by atoms with Crippen LogP contribution < -0.4 is 0 Å². The molecular formula is C43H84O4. The summed E-state index contributed by atoms with van der Waals surface area (Å²) >= 11 is 0. The Kier molecular flexibility index (Phi) is 38.5. The van der Waals surface area contributed by atoms with Gasteiger partial charge in [-0.25, -0.2) is 0 Å². The lowest BCUT2D eigenvalue weighted by Gasteiger charge is -2.09. The third-order valence-electron chi connectivity index (χ3n) is 10.4. The van der Waals surface area contributed by atoms with E-state index < -0.39 is 17.9 Å². The van der Waals surface area contributed by atoms with E-state index >= 15 is 0 Å². The van der Waals surface area contributed by atoms with Crippen LogP contribution in [0.4, 0.5) is 0 Å². The molecule has 4 heteroatoms. The number of hydrogen-bond acceptors (Lipinski definition) is 3. The number of ether oxygens (including phenoxy) is 1. The number of carboxylic acid groups (broad SMARTS) is 1. The van der Waals surface area contributed by atoms with Crippen molar-refractivity contribution in [2.75, 3.05) is 7.11 Å². The highest BCUT2D eigenvalue weighted by atomic mass is 16.5. The fourth-order valence-corrected chi connectivity index (χ4v) is 7.09. The second-order valence-corrected chi connectivity index (χ2v) is 14.9. The van der Waals surface area contributed by atoms with Crippen molar-refractivity contribution in [2.24, 2.45) is 5.92 Å². The normalized spacial score (nSPS) is 12.0. The number of aliphatic carboxylic acids is 1. The van der Waals surface area contributed by atoms with Crippen molar-refractivity contribution in [1.29, 1.82) is 0 Å². The molecule has 1 unspecified atom stereocenters. The van der Waals surface area contributed by atoms with Crippen molar-refractivity contribution in [3.8, 4) is 0 Å². The number of esters is 1. The van der Waals surface area contributed by atoms with Crippen molar-refractivity contribution >= 4 is 11.9 Å². The monoisotopic (exact) mass is 665 g/mol. The van der Waals surface area contributed by atoms with Crippen LogP contribution in [-0.4, -0.2) is 24.2 Å². The number of carboxylic acids is 1. The molecule has 47 heavy (non-hydrogen) atoms. The van der Waals surface area contributed by atoms with E-state index in [0.717, 1.165) is 19.3 Å². The predicted molar refractivity (Wildman–Crippen MR) is 204 cm³/mol. The topological polar surface area (TPSA) is 63.6 Å². The highest BCUT2D eigenvalue weighted by Crippen LogP contribution is 2.18. The molecular weight excluding hydrogens is 580 g/mol. The Labute approximate surface area is 294 Å². The number of methoxy groups -OCH3 is 1. The lowest BCUT2D eigenvalue weighted by molar-refractivity contribution is -0.157. The molecule has 0 spiro atoms. The average molecular weight is 665 g/mol. The summed E-state index contributed by atoms with van der Waals surface area (Å²) in [5, 5.41) is 9.10. The fraction of sp³-hybridized carbons (Fsp3) is 0.953. The van der Waals surface area contributed by atoms with E-state index in [0.29, 0.717) is 6.42 Å². The van der Waals surface area contributed by atoms with Crippen LogP contribution >= 0.6 is 0 Å². The molecule has 0 aliphatic carbocycles. The summed E-state index contributed by atoms with van der Waals surface area (Å²) in [4.78, 5) is 22.6. The third kappa shape index (κ3) is 36.1. The minimum atomic E-state index is -1.07. The maximum atomic E-state index is 11.5. The van der Waals surface area contributed by atoms with Crippen LogP contribution in [0.5, 0.6) is 0 Å². The van der Waals surface area contributed by atoms with Gasteiger partial charge in [0.2, 0.25) is 0 Å². The standard InChI is InChI=1S/C43H84O4/c1-3-4-5-6-7-8-9-10-11-12-13-14-15-16-17-18-19-20-21-22-23-24-25-26-27-28-29-30-31-32-33-34-35-36-37-38-39-40-41(42(44)45)43(46)47-2/h41H,3-40H2,1-2H3,(H,44,45). The zero-order valence-corrected chi connectivity index (χ0v) is 32.1. The van der Waals surface area contributed by atoms with Crippen LogP contribution in [0.1, 0.15) is 251 Å². The van der Waals surface area contributed by atoms with Gasteiger partial charge in [0.25, 0.3) is 0 Å². The van der Waals surface area contributed by atoms with E-state index in [2.05, 4.69) is 11.7 Å². The number of unbranched alkanes of at least 4 members (excludes halogenated alkanes) is 36. The minimum Gasteiger partial charge on any atom is -0.481 e. The van der Waals surface area contributed by atoms with Gasteiger partial charge in [0.05, 0.1) is 7.11 Å². The van der Waals surface area contributed by atoms with Gasteiger partial charge in [-0.05, 0) is 6.42 Å². The first kappa shape index (κ1) is 45.9. The molecule has 280 valence electrons. The Balaban J connectivity index is 3.14. The molecule has 0 aliphatic rings. The molecule has 0 aromatic heterocycles. The second kappa shape index (κ2) is 39.4. The van der Waals surface area contributed by atoms with E-state index in [-0.39, 0.29) is 0 Å². The molecule has 0 aromatic carbocycles. The molecule has 0 saturated carbocycles. The van der Waals surface area contributed by atoms with E-state index in [1.54, 1.807) is 0 Å². The van der Waals surface area contributed by atoms with Gasteiger partial charge in [0.15, 0.2) is 5.92 Å². The minimum absolute atomic E-state index is 0.391. The van der Waals surface area contributed by atoms with Crippen molar-refractivity contribution in [2.45, 2.75) is 251 Å². The third-order valence-corrected chi connectivity index (χ3v) is 10.4. The Morgan fingerprint density at radius 3 is 0.745 bits per heavy atom. The SMILES string of the molecule is CCCCCCCCCCCCCCCCCCCCCCCCCCCCCCCCCCCCCCCC(C(=O)O)C(=O)OC. The molecule has 0 radical (unpaired) electrons. The first-order chi connectivity index (χ1) is 23.1.